The molecule has 0 atom stereocenters. The van der Waals surface area contributed by atoms with E-state index in [0.717, 1.165) is 44.6 Å². The van der Waals surface area contributed by atoms with Crippen molar-refractivity contribution in [3.05, 3.63) is 140 Å². The highest BCUT2D eigenvalue weighted by Crippen LogP contribution is 2.32. The van der Waals surface area contributed by atoms with Crippen molar-refractivity contribution in [1.29, 1.82) is 0 Å². The first-order valence-electron chi connectivity index (χ1n) is 13.1. The number of hydrogen-bond acceptors (Lipinski definition) is 5. The van der Waals surface area contributed by atoms with Gasteiger partial charge in [0.1, 0.15) is 0 Å². The van der Waals surface area contributed by atoms with Crippen LogP contribution in [0.3, 0.4) is 0 Å². The average Bonchev–Trinajstić information content (AvgIpc) is 3.05. The molecular weight excluding hydrogens is 490 g/mol. The first-order valence-corrected chi connectivity index (χ1v) is 13.1. The van der Waals surface area contributed by atoms with Crippen LogP contribution >= 0.6 is 0 Å². The number of benzene rings is 4. The maximum Gasteiger partial charge on any atom is 0.164 e. The van der Waals surface area contributed by atoms with Crippen molar-refractivity contribution in [1.82, 2.24) is 24.9 Å². The minimum atomic E-state index is 0.590. The van der Waals surface area contributed by atoms with E-state index in [2.05, 4.69) is 58.5 Å². The van der Waals surface area contributed by atoms with Gasteiger partial charge in [0, 0.05) is 40.2 Å². The fourth-order valence-corrected chi connectivity index (χ4v) is 4.80. The summed E-state index contributed by atoms with van der Waals surface area (Å²) in [5.74, 6) is 1.83. The van der Waals surface area contributed by atoms with Crippen molar-refractivity contribution in [3.8, 4) is 56.7 Å². The molecule has 5 heteroatoms. The summed E-state index contributed by atoms with van der Waals surface area (Å²) >= 11 is 0. The summed E-state index contributed by atoms with van der Waals surface area (Å²) in [5.41, 5.74) is 6.40. The van der Waals surface area contributed by atoms with E-state index in [1.54, 1.807) is 12.4 Å². The Kier molecular flexibility index (Phi) is 6.07. The van der Waals surface area contributed by atoms with Crippen molar-refractivity contribution in [2.75, 3.05) is 0 Å². The van der Waals surface area contributed by atoms with E-state index in [4.69, 9.17) is 15.0 Å². The minimum absolute atomic E-state index is 0.590. The van der Waals surface area contributed by atoms with Crippen LogP contribution in [-0.4, -0.2) is 24.9 Å². The second kappa shape index (κ2) is 10.3. The molecule has 0 aliphatic carbocycles. The summed E-state index contributed by atoms with van der Waals surface area (Å²) in [7, 11) is 0. The fraction of sp³-hybridized carbons (Fsp3) is 0. The molecule has 0 N–H and O–H groups in total. The van der Waals surface area contributed by atoms with Crippen molar-refractivity contribution >= 4 is 10.8 Å². The van der Waals surface area contributed by atoms with Gasteiger partial charge in [-0.05, 0) is 59.3 Å². The molecule has 0 aliphatic rings. The molecule has 40 heavy (non-hydrogen) atoms. The lowest BCUT2D eigenvalue weighted by atomic mass is 10.00. The van der Waals surface area contributed by atoms with Gasteiger partial charge in [-0.2, -0.15) is 0 Å². The number of aromatic nitrogens is 5. The van der Waals surface area contributed by atoms with Gasteiger partial charge in [0.2, 0.25) is 0 Å². The molecule has 7 rings (SSSR count). The second-order valence-electron chi connectivity index (χ2n) is 9.46. The number of pyridine rings is 2. The van der Waals surface area contributed by atoms with E-state index >= 15 is 0 Å². The molecule has 4 aromatic carbocycles. The molecule has 0 saturated carbocycles. The van der Waals surface area contributed by atoms with Crippen molar-refractivity contribution in [2.45, 2.75) is 0 Å². The molecule has 0 amide bonds. The Morgan fingerprint density at radius 2 is 0.850 bits per heavy atom. The van der Waals surface area contributed by atoms with E-state index in [0.29, 0.717) is 17.5 Å². The van der Waals surface area contributed by atoms with Crippen molar-refractivity contribution in [2.24, 2.45) is 0 Å². The Hall–Kier alpha value is -5.55. The van der Waals surface area contributed by atoms with Gasteiger partial charge >= 0.3 is 0 Å². The molecule has 3 heterocycles. The third-order valence-electron chi connectivity index (χ3n) is 6.79. The zero-order chi connectivity index (χ0) is 26.7. The van der Waals surface area contributed by atoms with Gasteiger partial charge in [-0.3, -0.25) is 9.97 Å². The highest BCUT2D eigenvalue weighted by molar-refractivity contribution is 5.87. The third-order valence-corrected chi connectivity index (χ3v) is 6.79. The van der Waals surface area contributed by atoms with Crippen molar-refractivity contribution < 1.29 is 0 Å². The Bertz CT molecular complexity index is 1880. The van der Waals surface area contributed by atoms with Crippen molar-refractivity contribution in [3.63, 3.8) is 0 Å². The number of nitrogens with zero attached hydrogens (tertiary/aromatic N) is 5. The molecule has 3 aromatic heterocycles. The molecule has 7 aromatic rings. The lowest BCUT2D eigenvalue weighted by Gasteiger charge is -2.12. The van der Waals surface area contributed by atoms with Gasteiger partial charge in [0.05, 0.1) is 11.4 Å². The monoisotopic (exact) mass is 513 g/mol. The zero-order valence-corrected chi connectivity index (χ0v) is 21.5. The van der Waals surface area contributed by atoms with Crippen LogP contribution in [0.15, 0.2) is 140 Å². The Morgan fingerprint density at radius 1 is 0.325 bits per heavy atom. The van der Waals surface area contributed by atoms with Crippen LogP contribution in [0.4, 0.5) is 0 Å². The molecule has 5 nitrogen and oxygen atoms in total. The fourth-order valence-electron chi connectivity index (χ4n) is 4.80. The summed E-state index contributed by atoms with van der Waals surface area (Å²) in [6.07, 6.45) is 3.60. The first-order chi connectivity index (χ1) is 19.8. The predicted molar refractivity (Wildman–Crippen MR) is 160 cm³/mol. The zero-order valence-electron chi connectivity index (χ0n) is 21.5. The molecule has 0 aliphatic heterocycles. The quantitative estimate of drug-likeness (QED) is 0.232. The van der Waals surface area contributed by atoms with E-state index in [9.17, 15) is 0 Å². The summed E-state index contributed by atoms with van der Waals surface area (Å²) in [5, 5.41) is 2.31. The summed E-state index contributed by atoms with van der Waals surface area (Å²) in [6, 6.07) is 42.7. The molecule has 0 radical (unpaired) electrons. The largest absolute Gasteiger partial charge is 0.256 e. The van der Waals surface area contributed by atoms with Crippen LogP contribution in [0, 0.1) is 0 Å². The number of hydrogen-bond donors (Lipinski definition) is 0. The normalized spacial score (nSPS) is 11.0. The highest BCUT2D eigenvalue weighted by Gasteiger charge is 2.15. The van der Waals surface area contributed by atoms with Gasteiger partial charge in [-0.15, -0.1) is 0 Å². The Balaban J connectivity index is 1.45. The van der Waals surface area contributed by atoms with Crippen LogP contribution in [0.1, 0.15) is 0 Å². The second-order valence-corrected chi connectivity index (χ2v) is 9.46. The molecule has 0 saturated heterocycles. The Labute approximate surface area is 231 Å². The molecule has 0 fully saturated rings. The Morgan fingerprint density at radius 3 is 1.48 bits per heavy atom. The molecule has 0 spiro atoms. The lowest BCUT2D eigenvalue weighted by molar-refractivity contribution is 1.07. The standard InChI is InChI=1S/C35H23N5/c1-2-11-25(12-3-1)33-38-34(27-17-16-24-10-4-5-13-26(24)20-27)40-35(39-33)30-22-28(31-14-6-8-18-36-31)21-29(23-30)32-15-7-9-19-37-32/h1-23H. The minimum Gasteiger partial charge on any atom is -0.256 e. The van der Waals surface area contributed by atoms with Crippen LogP contribution in [-0.2, 0) is 0 Å². The van der Waals surface area contributed by atoms with Gasteiger partial charge < -0.3 is 0 Å². The summed E-state index contributed by atoms with van der Waals surface area (Å²) in [4.78, 5) is 24.1. The van der Waals surface area contributed by atoms with E-state index in [1.807, 2.05) is 78.9 Å². The van der Waals surface area contributed by atoms with Crippen LogP contribution < -0.4 is 0 Å². The molecule has 0 unspecified atom stereocenters. The highest BCUT2D eigenvalue weighted by atomic mass is 15.0. The maximum atomic E-state index is 5.01. The van der Waals surface area contributed by atoms with E-state index < -0.39 is 0 Å². The predicted octanol–water partition coefficient (Wildman–Crippen LogP) is 8.15. The smallest absolute Gasteiger partial charge is 0.164 e. The molecule has 188 valence electrons. The maximum absolute atomic E-state index is 5.01. The number of rotatable bonds is 5. The van der Waals surface area contributed by atoms with E-state index in [1.165, 1.54) is 5.39 Å². The van der Waals surface area contributed by atoms with Gasteiger partial charge in [-0.1, -0.05) is 78.9 Å². The first kappa shape index (κ1) is 23.6. The van der Waals surface area contributed by atoms with E-state index in [-0.39, 0.29) is 0 Å². The van der Waals surface area contributed by atoms with Crippen LogP contribution in [0.25, 0.3) is 67.5 Å². The molecule has 0 bridgehead atoms. The lowest BCUT2D eigenvalue weighted by Crippen LogP contribution is -2.01. The van der Waals surface area contributed by atoms with Gasteiger partial charge in [-0.25, -0.2) is 15.0 Å². The molecular formula is C35H23N5. The van der Waals surface area contributed by atoms with Crippen LogP contribution in [0.5, 0.6) is 0 Å². The average molecular weight is 514 g/mol. The summed E-state index contributed by atoms with van der Waals surface area (Å²) < 4.78 is 0. The third kappa shape index (κ3) is 4.72. The SMILES string of the molecule is c1ccc(-c2nc(-c3cc(-c4ccccn4)cc(-c4ccccn4)c3)nc(-c3ccc4ccccc4c3)n2)cc1. The topological polar surface area (TPSA) is 64.5 Å². The summed E-state index contributed by atoms with van der Waals surface area (Å²) in [6.45, 7) is 0. The van der Waals surface area contributed by atoms with Gasteiger partial charge in [0.25, 0.3) is 0 Å². The van der Waals surface area contributed by atoms with Crippen LogP contribution in [0.2, 0.25) is 0 Å². The van der Waals surface area contributed by atoms with Gasteiger partial charge in [0.15, 0.2) is 17.5 Å². The number of fused-ring (bicyclic) bond motifs is 1.